The fourth-order valence-electron chi connectivity index (χ4n) is 2.24. The van der Waals surface area contributed by atoms with Crippen LogP contribution in [0.5, 0.6) is 5.75 Å². The highest BCUT2D eigenvalue weighted by molar-refractivity contribution is 5.26. The normalized spacial score (nSPS) is 11.9. The van der Waals surface area contributed by atoms with Crippen molar-refractivity contribution in [1.29, 1.82) is 0 Å². The summed E-state index contributed by atoms with van der Waals surface area (Å²) in [7, 11) is 1.67. The third-order valence-corrected chi connectivity index (χ3v) is 3.64. The van der Waals surface area contributed by atoms with E-state index in [4.69, 9.17) is 15.9 Å². The van der Waals surface area contributed by atoms with Crippen LogP contribution in [0.4, 0.5) is 0 Å². The van der Waals surface area contributed by atoms with E-state index in [2.05, 4.69) is 5.92 Å². The van der Waals surface area contributed by atoms with Crippen LogP contribution in [0.25, 0.3) is 0 Å². The lowest BCUT2D eigenvalue weighted by Gasteiger charge is -2.06. The quantitative estimate of drug-likeness (QED) is 0.469. The fraction of sp³-hybridized carbons (Fsp3) is 0.579. The SMILES string of the molecule is C#CC(O)CCCCCCCCOCc1ccc(OC)cc1. The van der Waals surface area contributed by atoms with Gasteiger partial charge in [0.1, 0.15) is 11.9 Å². The van der Waals surface area contributed by atoms with E-state index in [0.29, 0.717) is 6.61 Å². The van der Waals surface area contributed by atoms with Gasteiger partial charge in [-0.1, -0.05) is 43.7 Å². The van der Waals surface area contributed by atoms with Crippen LogP contribution in [-0.2, 0) is 11.3 Å². The lowest BCUT2D eigenvalue weighted by atomic mass is 10.1. The first-order valence-electron chi connectivity index (χ1n) is 8.11. The van der Waals surface area contributed by atoms with Crippen LogP contribution >= 0.6 is 0 Å². The van der Waals surface area contributed by atoms with Crippen molar-refractivity contribution in [3.05, 3.63) is 29.8 Å². The van der Waals surface area contributed by atoms with Gasteiger partial charge in [0.15, 0.2) is 0 Å². The molecule has 1 atom stereocenters. The van der Waals surface area contributed by atoms with Gasteiger partial charge in [0, 0.05) is 6.61 Å². The van der Waals surface area contributed by atoms with Crippen LogP contribution in [-0.4, -0.2) is 24.9 Å². The van der Waals surface area contributed by atoms with Crippen molar-refractivity contribution in [3.8, 4) is 18.1 Å². The number of hydrogen-bond donors (Lipinski definition) is 1. The molecule has 0 saturated carbocycles. The standard InChI is InChI=1S/C19H28O3/c1-3-18(20)10-8-6-4-5-7-9-15-22-16-17-11-13-19(21-2)14-12-17/h1,11-14,18,20H,4-10,15-16H2,2H3. The van der Waals surface area contributed by atoms with E-state index in [0.717, 1.165) is 38.0 Å². The Hall–Kier alpha value is -1.50. The van der Waals surface area contributed by atoms with Crippen LogP contribution < -0.4 is 4.74 Å². The Bertz CT molecular complexity index is 419. The summed E-state index contributed by atoms with van der Waals surface area (Å²) in [5, 5.41) is 9.22. The first-order valence-corrected chi connectivity index (χ1v) is 8.11. The molecule has 0 heterocycles. The molecule has 0 amide bonds. The zero-order valence-electron chi connectivity index (χ0n) is 13.6. The predicted molar refractivity (Wildman–Crippen MR) is 89.8 cm³/mol. The average molecular weight is 304 g/mol. The number of aliphatic hydroxyl groups excluding tert-OH is 1. The van der Waals surface area contributed by atoms with Gasteiger partial charge in [0.25, 0.3) is 0 Å². The van der Waals surface area contributed by atoms with Crippen molar-refractivity contribution < 1.29 is 14.6 Å². The smallest absolute Gasteiger partial charge is 0.118 e. The zero-order valence-corrected chi connectivity index (χ0v) is 13.6. The molecule has 0 spiro atoms. The lowest BCUT2D eigenvalue weighted by Crippen LogP contribution is -2.01. The monoisotopic (exact) mass is 304 g/mol. The highest BCUT2D eigenvalue weighted by Crippen LogP contribution is 2.12. The first kappa shape index (κ1) is 18.5. The molecule has 0 aliphatic heterocycles. The number of rotatable bonds is 12. The minimum Gasteiger partial charge on any atom is -0.497 e. The van der Waals surface area contributed by atoms with Crippen molar-refractivity contribution in [1.82, 2.24) is 0 Å². The largest absolute Gasteiger partial charge is 0.497 e. The summed E-state index contributed by atoms with van der Waals surface area (Å²) in [4.78, 5) is 0. The van der Waals surface area contributed by atoms with Gasteiger partial charge in [0.2, 0.25) is 0 Å². The molecular formula is C19H28O3. The molecular weight excluding hydrogens is 276 g/mol. The number of hydrogen-bond acceptors (Lipinski definition) is 3. The third kappa shape index (κ3) is 8.71. The molecule has 3 nitrogen and oxygen atoms in total. The van der Waals surface area contributed by atoms with E-state index >= 15 is 0 Å². The van der Waals surface area contributed by atoms with E-state index < -0.39 is 6.10 Å². The number of methoxy groups -OCH3 is 1. The summed E-state index contributed by atoms with van der Waals surface area (Å²) >= 11 is 0. The Labute approximate surface area is 134 Å². The Morgan fingerprint density at radius 3 is 2.32 bits per heavy atom. The molecule has 0 aliphatic rings. The Kier molecular flexibility index (Phi) is 10.2. The maximum atomic E-state index is 9.22. The van der Waals surface area contributed by atoms with Crippen molar-refractivity contribution in [2.24, 2.45) is 0 Å². The summed E-state index contributed by atoms with van der Waals surface area (Å²) in [6, 6.07) is 7.97. The van der Waals surface area contributed by atoms with E-state index in [1.54, 1.807) is 7.11 Å². The van der Waals surface area contributed by atoms with Crippen LogP contribution in [0.2, 0.25) is 0 Å². The predicted octanol–water partition coefficient (Wildman–Crippen LogP) is 3.94. The van der Waals surface area contributed by atoms with Gasteiger partial charge in [-0.15, -0.1) is 6.42 Å². The molecule has 122 valence electrons. The van der Waals surface area contributed by atoms with Gasteiger partial charge >= 0.3 is 0 Å². The van der Waals surface area contributed by atoms with E-state index in [9.17, 15) is 5.11 Å². The molecule has 1 rings (SSSR count). The summed E-state index contributed by atoms with van der Waals surface area (Å²) in [5.41, 5.74) is 1.17. The van der Waals surface area contributed by atoms with Gasteiger partial charge < -0.3 is 14.6 Å². The Balaban J connectivity index is 1.90. The molecule has 0 aliphatic carbocycles. The molecule has 0 aromatic heterocycles. The fourth-order valence-corrected chi connectivity index (χ4v) is 2.24. The Morgan fingerprint density at radius 2 is 1.68 bits per heavy atom. The van der Waals surface area contributed by atoms with Gasteiger partial charge in [-0.3, -0.25) is 0 Å². The molecule has 0 fully saturated rings. The number of unbranched alkanes of at least 4 members (excludes halogenated alkanes) is 5. The second-order valence-electron chi connectivity index (χ2n) is 5.49. The van der Waals surface area contributed by atoms with Gasteiger partial charge in [0.05, 0.1) is 13.7 Å². The number of terminal acetylenes is 1. The average Bonchev–Trinajstić information content (AvgIpc) is 2.56. The number of aliphatic hydroxyl groups is 1. The molecule has 1 unspecified atom stereocenters. The molecule has 1 aromatic carbocycles. The molecule has 1 N–H and O–H groups in total. The minimum atomic E-state index is -0.564. The Morgan fingerprint density at radius 1 is 1.05 bits per heavy atom. The van der Waals surface area contributed by atoms with Crippen LogP contribution in [0.15, 0.2) is 24.3 Å². The van der Waals surface area contributed by atoms with E-state index in [1.807, 2.05) is 24.3 Å². The summed E-state index contributed by atoms with van der Waals surface area (Å²) in [5.74, 6) is 3.22. The summed E-state index contributed by atoms with van der Waals surface area (Å²) in [6.45, 7) is 1.47. The molecule has 3 heteroatoms. The molecule has 1 aromatic rings. The number of benzene rings is 1. The van der Waals surface area contributed by atoms with Crippen molar-refractivity contribution in [3.63, 3.8) is 0 Å². The van der Waals surface area contributed by atoms with Gasteiger partial charge in [-0.25, -0.2) is 0 Å². The van der Waals surface area contributed by atoms with E-state index in [1.165, 1.54) is 24.8 Å². The number of ether oxygens (including phenoxy) is 2. The summed E-state index contributed by atoms with van der Waals surface area (Å²) in [6.07, 6.45) is 12.2. The lowest BCUT2D eigenvalue weighted by molar-refractivity contribution is 0.116. The second kappa shape index (κ2) is 12.1. The molecule has 0 bridgehead atoms. The van der Waals surface area contributed by atoms with E-state index in [-0.39, 0.29) is 0 Å². The minimum absolute atomic E-state index is 0.564. The molecule has 0 radical (unpaired) electrons. The second-order valence-corrected chi connectivity index (χ2v) is 5.49. The maximum absolute atomic E-state index is 9.22. The first-order chi connectivity index (χ1) is 10.8. The molecule has 0 saturated heterocycles. The van der Waals surface area contributed by atoms with Gasteiger partial charge in [-0.2, -0.15) is 0 Å². The van der Waals surface area contributed by atoms with Crippen molar-refractivity contribution >= 4 is 0 Å². The van der Waals surface area contributed by atoms with Crippen LogP contribution in [0, 0.1) is 12.3 Å². The highest BCUT2D eigenvalue weighted by Gasteiger charge is 1.98. The zero-order chi connectivity index (χ0) is 16.0. The summed E-state index contributed by atoms with van der Waals surface area (Å²) < 4.78 is 10.8. The van der Waals surface area contributed by atoms with Gasteiger partial charge in [-0.05, 0) is 37.0 Å². The topological polar surface area (TPSA) is 38.7 Å². The highest BCUT2D eigenvalue weighted by atomic mass is 16.5. The van der Waals surface area contributed by atoms with Crippen molar-refractivity contribution in [2.75, 3.05) is 13.7 Å². The van der Waals surface area contributed by atoms with Crippen LogP contribution in [0.1, 0.15) is 50.5 Å². The third-order valence-electron chi connectivity index (χ3n) is 3.64. The van der Waals surface area contributed by atoms with Crippen molar-refractivity contribution in [2.45, 2.75) is 57.7 Å². The maximum Gasteiger partial charge on any atom is 0.118 e. The molecule has 22 heavy (non-hydrogen) atoms. The van der Waals surface area contributed by atoms with Crippen LogP contribution in [0.3, 0.4) is 0 Å².